The summed E-state index contributed by atoms with van der Waals surface area (Å²) in [6.07, 6.45) is 0.605. The lowest BCUT2D eigenvalue weighted by atomic mass is 10.3. The van der Waals surface area contributed by atoms with Crippen molar-refractivity contribution in [3.8, 4) is 0 Å². The molecule has 1 aromatic rings. The van der Waals surface area contributed by atoms with Gasteiger partial charge in [0.15, 0.2) is 0 Å². The number of hydrogen-bond acceptors (Lipinski definition) is 5. The van der Waals surface area contributed by atoms with Crippen LogP contribution in [0.5, 0.6) is 0 Å². The Morgan fingerprint density at radius 2 is 2.33 bits per heavy atom. The van der Waals surface area contributed by atoms with Crippen LogP contribution in [0, 0.1) is 0 Å². The Balaban J connectivity index is 2.62. The number of carboxylic acid groups (broad SMARTS) is 1. The number of aromatic nitrogens is 1. The van der Waals surface area contributed by atoms with Crippen molar-refractivity contribution in [1.29, 1.82) is 0 Å². The predicted octanol–water partition coefficient (Wildman–Crippen LogP) is 0.225. The monoisotopic (exact) mass is 229 g/mol. The number of aliphatic hydroxyl groups excluding tert-OH is 2. The number of carboxylic acids is 1. The fraction of sp³-hybridized carbons (Fsp3) is 0.333. The zero-order valence-electron chi connectivity index (χ0n) is 7.83. The van der Waals surface area contributed by atoms with Crippen LogP contribution in [0.2, 0.25) is 0 Å². The third-order valence-corrected chi connectivity index (χ3v) is 2.74. The smallest absolute Gasteiger partial charge is 0.354 e. The van der Waals surface area contributed by atoms with Gasteiger partial charge in [0.2, 0.25) is 0 Å². The van der Waals surface area contributed by atoms with Gasteiger partial charge in [-0.15, -0.1) is 11.8 Å². The molecule has 0 aliphatic heterocycles. The highest BCUT2D eigenvalue weighted by atomic mass is 32.2. The lowest BCUT2D eigenvalue weighted by molar-refractivity contribution is 0.0690. The zero-order valence-corrected chi connectivity index (χ0v) is 8.65. The number of aliphatic hydroxyl groups is 2. The zero-order chi connectivity index (χ0) is 11.3. The van der Waals surface area contributed by atoms with Gasteiger partial charge in [0.25, 0.3) is 0 Å². The van der Waals surface area contributed by atoms with Crippen molar-refractivity contribution in [3.05, 3.63) is 24.0 Å². The van der Waals surface area contributed by atoms with Crippen LogP contribution < -0.4 is 0 Å². The third kappa shape index (κ3) is 3.86. The molecule has 0 spiro atoms. The van der Waals surface area contributed by atoms with Crippen LogP contribution in [0.4, 0.5) is 0 Å². The molecule has 1 heterocycles. The van der Waals surface area contributed by atoms with E-state index >= 15 is 0 Å². The van der Waals surface area contributed by atoms with Gasteiger partial charge >= 0.3 is 5.97 Å². The molecule has 0 bridgehead atoms. The van der Waals surface area contributed by atoms with Crippen molar-refractivity contribution in [1.82, 2.24) is 4.98 Å². The van der Waals surface area contributed by atoms with Gasteiger partial charge in [0, 0.05) is 16.8 Å². The summed E-state index contributed by atoms with van der Waals surface area (Å²) < 4.78 is 0. The molecule has 0 radical (unpaired) electrons. The van der Waals surface area contributed by atoms with Crippen molar-refractivity contribution < 1.29 is 20.1 Å². The first kappa shape index (κ1) is 12.0. The summed E-state index contributed by atoms with van der Waals surface area (Å²) in [5.41, 5.74) is -0.0292. The van der Waals surface area contributed by atoms with E-state index < -0.39 is 12.1 Å². The first-order valence-corrected chi connectivity index (χ1v) is 5.23. The van der Waals surface area contributed by atoms with Gasteiger partial charge < -0.3 is 15.3 Å². The van der Waals surface area contributed by atoms with Gasteiger partial charge in [-0.2, -0.15) is 0 Å². The number of thioether (sulfide) groups is 1. The standard InChI is InChI=1S/C9H11NO4S/c11-4-6(12)5-15-7-1-2-10-8(3-7)9(13)14/h1-3,6,11-12H,4-5H2,(H,13,14). The number of carbonyl (C=O) groups is 1. The minimum Gasteiger partial charge on any atom is -0.477 e. The Kier molecular flexibility index (Phi) is 4.54. The van der Waals surface area contributed by atoms with E-state index in [4.69, 9.17) is 15.3 Å². The van der Waals surface area contributed by atoms with E-state index in [-0.39, 0.29) is 12.3 Å². The number of rotatable bonds is 5. The predicted molar refractivity (Wildman–Crippen MR) is 55.0 cm³/mol. The molecule has 1 aromatic heterocycles. The summed E-state index contributed by atoms with van der Waals surface area (Å²) in [5.74, 6) is -0.764. The molecule has 1 atom stereocenters. The van der Waals surface area contributed by atoms with Gasteiger partial charge in [0.1, 0.15) is 5.69 Å². The average Bonchev–Trinajstić information content (AvgIpc) is 2.26. The van der Waals surface area contributed by atoms with Gasteiger partial charge in [0.05, 0.1) is 12.7 Å². The number of aromatic carboxylic acids is 1. The van der Waals surface area contributed by atoms with Crippen LogP contribution in [0.15, 0.2) is 23.2 Å². The third-order valence-electron chi connectivity index (χ3n) is 1.60. The molecule has 5 nitrogen and oxygen atoms in total. The molecule has 0 aliphatic rings. The average molecular weight is 229 g/mol. The molecular formula is C9H11NO4S. The first-order chi connectivity index (χ1) is 7.13. The number of pyridine rings is 1. The maximum atomic E-state index is 10.6. The Morgan fingerprint density at radius 1 is 1.60 bits per heavy atom. The van der Waals surface area contributed by atoms with Gasteiger partial charge in [-0.05, 0) is 12.1 Å². The summed E-state index contributed by atoms with van der Waals surface area (Å²) in [5, 5.41) is 26.4. The van der Waals surface area contributed by atoms with Gasteiger partial charge in [-0.3, -0.25) is 0 Å². The SMILES string of the molecule is O=C(O)c1cc(SCC(O)CO)ccn1. The molecule has 6 heteroatoms. The Morgan fingerprint density at radius 3 is 2.93 bits per heavy atom. The van der Waals surface area contributed by atoms with Gasteiger partial charge in [-0.25, -0.2) is 9.78 Å². The number of hydrogen-bond donors (Lipinski definition) is 3. The van der Waals surface area contributed by atoms with Crippen molar-refractivity contribution >= 4 is 17.7 Å². The van der Waals surface area contributed by atoms with Crippen LogP contribution in [0.3, 0.4) is 0 Å². The van der Waals surface area contributed by atoms with Crippen molar-refractivity contribution in [2.75, 3.05) is 12.4 Å². The van der Waals surface area contributed by atoms with Crippen LogP contribution in [-0.4, -0.2) is 44.7 Å². The first-order valence-electron chi connectivity index (χ1n) is 4.24. The summed E-state index contributed by atoms with van der Waals surface area (Å²) in [4.78, 5) is 15.0. The fourth-order valence-electron chi connectivity index (χ4n) is 0.863. The van der Waals surface area contributed by atoms with E-state index in [0.29, 0.717) is 10.6 Å². The van der Waals surface area contributed by atoms with Crippen molar-refractivity contribution in [3.63, 3.8) is 0 Å². The second-order valence-corrected chi connectivity index (χ2v) is 3.92. The summed E-state index contributed by atoms with van der Waals surface area (Å²) in [7, 11) is 0. The molecule has 0 aromatic carbocycles. The second kappa shape index (κ2) is 5.69. The summed E-state index contributed by atoms with van der Waals surface area (Å²) in [6, 6.07) is 3.08. The highest BCUT2D eigenvalue weighted by Gasteiger charge is 2.07. The maximum absolute atomic E-state index is 10.6. The van der Waals surface area contributed by atoms with E-state index in [9.17, 15) is 4.79 Å². The minimum absolute atomic E-state index is 0.0292. The molecule has 0 saturated heterocycles. The minimum atomic E-state index is -1.08. The maximum Gasteiger partial charge on any atom is 0.354 e. The van der Waals surface area contributed by atoms with Crippen LogP contribution in [0.1, 0.15) is 10.5 Å². The lowest BCUT2D eigenvalue weighted by Gasteiger charge is -2.06. The number of nitrogens with zero attached hydrogens (tertiary/aromatic N) is 1. The molecule has 1 rings (SSSR count). The van der Waals surface area contributed by atoms with Crippen LogP contribution in [-0.2, 0) is 0 Å². The summed E-state index contributed by atoms with van der Waals surface area (Å²) >= 11 is 1.27. The van der Waals surface area contributed by atoms with Crippen molar-refractivity contribution in [2.45, 2.75) is 11.0 Å². The van der Waals surface area contributed by atoms with E-state index in [0.717, 1.165) is 0 Å². The molecule has 3 N–H and O–H groups in total. The Bertz CT molecular complexity index is 345. The molecule has 0 aliphatic carbocycles. The topological polar surface area (TPSA) is 90.7 Å². The van der Waals surface area contributed by atoms with E-state index in [1.54, 1.807) is 6.07 Å². The molecule has 1 unspecified atom stereocenters. The van der Waals surface area contributed by atoms with E-state index in [1.807, 2.05) is 0 Å². The highest BCUT2D eigenvalue weighted by Crippen LogP contribution is 2.18. The highest BCUT2D eigenvalue weighted by molar-refractivity contribution is 7.99. The van der Waals surface area contributed by atoms with E-state index in [1.165, 1.54) is 24.0 Å². The van der Waals surface area contributed by atoms with Crippen LogP contribution in [0.25, 0.3) is 0 Å². The fourth-order valence-corrected chi connectivity index (χ4v) is 1.71. The molecule has 15 heavy (non-hydrogen) atoms. The molecular weight excluding hydrogens is 218 g/mol. The van der Waals surface area contributed by atoms with Crippen LogP contribution >= 0.6 is 11.8 Å². The summed E-state index contributed by atoms with van der Waals surface area (Å²) in [6.45, 7) is -0.302. The van der Waals surface area contributed by atoms with Gasteiger partial charge in [-0.1, -0.05) is 0 Å². The largest absolute Gasteiger partial charge is 0.477 e. The lowest BCUT2D eigenvalue weighted by Crippen LogP contribution is -2.14. The Hall–Kier alpha value is -1.11. The molecule has 0 saturated carbocycles. The Labute approximate surface area is 90.8 Å². The molecule has 82 valence electrons. The van der Waals surface area contributed by atoms with Crippen molar-refractivity contribution in [2.24, 2.45) is 0 Å². The quantitative estimate of drug-likeness (QED) is 0.626. The normalized spacial score (nSPS) is 12.4. The van der Waals surface area contributed by atoms with E-state index in [2.05, 4.69) is 4.98 Å². The second-order valence-electron chi connectivity index (χ2n) is 2.83. The molecule has 0 fully saturated rings. The molecule has 0 amide bonds.